The zero-order chi connectivity index (χ0) is 17.7. The van der Waals surface area contributed by atoms with E-state index in [0.717, 1.165) is 0 Å². The summed E-state index contributed by atoms with van der Waals surface area (Å²) in [6, 6.07) is 10.8. The zero-order valence-electron chi connectivity index (χ0n) is 12.5. The van der Waals surface area contributed by atoms with Gasteiger partial charge in [-0.3, -0.25) is 25.2 Å². The first-order chi connectivity index (χ1) is 11.4. The van der Waals surface area contributed by atoms with Gasteiger partial charge in [-0.1, -0.05) is 35.3 Å². The third-order valence-corrected chi connectivity index (χ3v) is 3.50. The van der Waals surface area contributed by atoms with E-state index in [1.807, 2.05) is 0 Å². The van der Waals surface area contributed by atoms with Crippen LogP contribution in [0.4, 0.5) is 5.69 Å². The Kier molecular flexibility index (Phi) is 5.78. The lowest BCUT2D eigenvalue weighted by Gasteiger charge is -2.12. The molecule has 24 heavy (non-hydrogen) atoms. The van der Waals surface area contributed by atoms with E-state index in [1.165, 1.54) is 31.2 Å². The van der Waals surface area contributed by atoms with Gasteiger partial charge in [-0.05, 0) is 30.3 Å². The smallest absolute Gasteiger partial charge is 0.271 e. The predicted molar refractivity (Wildman–Crippen MR) is 92.1 cm³/mol. The van der Waals surface area contributed by atoms with Gasteiger partial charge in [0, 0.05) is 11.9 Å². The van der Waals surface area contributed by atoms with Crippen LogP contribution >= 0.6 is 23.2 Å². The lowest BCUT2D eigenvalue weighted by molar-refractivity contribution is -0.119. The second kappa shape index (κ2) is 7.81. The first kappa shape index (κ1) is 17.8. The number of rotatable bonds is 3. The molecule has 0 saturated heterocycles. The molecule has 0 bridgehead atoms. The molecule has 0 heterocycles. The summed E-state index contributed by atoms with van der Waals surface area (Å²) in [6.45, 7) is 1.26. The summed E-state index contributed by atoms with van der Waals surface area (Å²) in [5.41, 5.74) is 5.10. The highest BCUT2D eigenvalue weighted by Crippen LogP contribution is 2.23. The molecule has 0 aliphatic heterocycles. The zero-order valence-corrected chi connectivity index (χ0v) is 14.0. The maximum atomic E-state index is 12.3. The first-order valence-electron chi connectivity index (χ1n) is 6.81. The molecule has 0 saturated carbocycles. The van der Waals surface area contributed by atoms with Crippen LogP contribution in [0.3, 0.4) is 0 Å². The fraction of sp³-hybridized carbons (Fsp3) is 0.0625. The third kappa shape index (κ3) is 4.47. The van der Waals surface area contributed by atoms with Crippen molar-refractivity contribution in [2.45, 2.75) is 6.92 Å². The number of carbonyl (C=O) groups excluding carboxylic acids is 3. The maximum Gasteiger partial charge on any atom is 0.271 e. The summed E-state index contributed by atoms with van der Waals surface area (Å²) in [7, 11) is 0. The van der Waals surface area contributed by atoms with E-state index in [0.29, 0.717) is 5.02 Å². The molecule has 0 atom stereocenters. The molecule has 3 amide bonds. The van der Waals surface area contributed by atoms with Gasteiger partial charge in [0.05, 0.1) is 21.8 Å². The van der Waals surface area contributed by atoms with E-state index < -0.39 is 17.7 Å². The molecule has 0 aliphatic carbocycles. The molecule has 0 radical (unpaired) electrons. The van der Waals surface area contributed by atoms with Gasteiger partial charge in [-0.2, -0.15) is 0 Å². The number of hydrogen-bond acceptors (Lipinski definition) is 3. The van der Waals surface area contributed by atoms with Crippen molar-refractivity contribution in [2.24, 2.45) is 0 Å². The van der Waals surface area contributed by atoms with Gasteiger partial charge in [0.25, 0.3) is 11.8 Å². The van der Waals surface area contributed by atoms with Crippen molar-refractivity contribution >= 4 is 46.6 Å². The minimum absolute atomic E-state index is 0.185. The number of nitrogens with one attached hydrogen (secondary N) is 3. The lowest BCUT2D eigenvalue weighted by Crippen LogP contribution is -2.40. The Labute approximate surface area is 148 Å². The third-order valence-electron chi connectivity index (χ3n) is 2.95. The van der Waals surface area contributed by atoms with Crippen LogP contribution in [0.1, 0.15) is 27.6 Å². The van der Waals surface area contributed by atoms with Gasteiger partial charge < -0.3 is 5.32 Å². The first-order valence-corrected chi connectivity index (χ1v) is 7.56. The van der Waals surface area contributed by atoms with E-state index in [-0.39, 0.29) is 21.8 Å². The Morgan fingerprint density at radius 3 is 2.25 bits per heavy atom. The number of amides is 3. The predicted octanol–water partition coefficient (Wildman–Crippen LogP) is 3.03. The van der Waals surface area contributed by atoms with E-state index in [1.54, 1.807) is 18.2 Å². The SMILES string of the molecule is CC(=O)NNC(=O)c1ccccc1NC(=O)c1ccc(Cl)cc1Cl. The molecule has 2 aromatic rings. The fourth-order valence-corrected chi connectivity index (χ4v) is 2.36. The second-order valence-corrected chi connectivity index (χ2v) is 5.60. The van der Waals surface area contributed by atoms with Gasteiger partial charge in [0.15, 0.2) is 0 Å². The lowest BCUT2D eigenvalue weighted by atomic mass is 10.1. The van der Waals surface area contributed by atoms with Gasteiger partial charge in [0.2, 0.25) is 5.91 Å². The van der Waals surface area contributed by atoms with Crippen LogP contribution in [-0.4, -0.2) is 17.7 Å². The van der Waals surface area contributed by atoms with Gasteiger partial charge in [-0.25, -0.2) is 0 Å². The molecule has 0 unspecified atom stereocenters. The molecular weight excluding hydrogens is 353 g/mol. The molecule has 2 aromatic carbocycles. The van der Waals surface area contributed by atoms with Crippen LogP contribution in [0, 0.1) is 0 Å². The molecule has 6 nitrogen and oxygen atoms in total. The highest BCUT2D eigenvalue weighted by Gasteiger charge is 2.16. The summed E-state index contributed by atoms with van der Waals surface area (Å²) >= 11 is 11.8. The number of hydrazine groups is 1. The summed E-state index contributed by atoms with van der Waals surface area (Å²) in [4.78, 5) is 35.3. The van der Waals surface area contributed by atoms with Gasteiger partial charge in [-0.15, -0.1) is 0 Å². The second-order valence-electron chi connectivity index (χ2n) is 4.76. The van der Waals surface area contributed by atoms with Crippen molar-refractivity contribution in [1.29, 1.82) is 0 Å². The van der Waals surface area contributed by atoms with Crippen molar-refractivity contribution in [3.63, 3.8) is 0 Å². The van der Waals surface area contributed by atoms with Crippen LogP contribution in [0.5, 0.6) is 0 Å². The van der Waals surface area contributed by atoms with E-state index in [4.69, 9.17) is 23.2 Å². The summed E-state index contributed by atoms with van der Waals surface area (Å²) in [5.74, 6) is -1.47. The molecule has 8 heteroatoms. The Morgan fingerprint density at radius 1 is 0.875 bits per heavy atom. The Balaban J connectivity index is 2.22. The molecular formula is C16H13Cl2N3O3. The maximum absolute atomic E-state index is 12.3. The number of halogens is 2. The summed E-state index contributed by atoms with van der Waals surface area (Å²) < 4.78 is 0. The normalized spacial score (nSPS) is 9.96. The van der Waals surface area contributed by atoms with E-state index in [9.17, 15) is 14.4 Å². The molecule has 0 spiro atoms. The van der Waals surface area contributed by atoms with Crippen LogP contribution in [0.2, 0.25) is 10.0 Å². The van der Waals surface area contributed by atoms with Crippen LogP contribution in [0.15, 0.2) is 42.5 Å². The molecule has 124 valence electrons. The average molecular weight is 366 g/mol. The molecule has 3 N–H and O–H groups in total. The molecule has 0 fully saturated rings. The number of para-hydroxylation sites is 1. The summed E-state index contributed by atoms with van der Waals surface area (Å²) in [6.07, 6.45) is 0. The molecule has 0 aliphatic rings. The quantitative estimate of drug-likeness (QED) is 0.730. The Morgan fingerprint density at radius 2 is 1.58 bits per heavy atom. The van der Waals surface area contributed by atoms with Crippen molar-refractivity contribution < 1.29 is 14.4 Å². The molecule has 0 aromatic heterocycles. The standard InChI is InChI=1S/C16H13Cl2N3O3/c1-9(22)20-21-16(24)12-4-2-3-5-14(12)19-15(23)11-7-6-10(17)8-13(11)18/h2-8H,1H3,(H,19,23)(H,20,22)(H,21,24). The monoisotopic (exact) mass is 365 g/mol. The number of hydrogen-bond donors (Lipinski definition) is 3. The van der Waals surface area contributed by atoms with E-state index >= 15 is 0 Å². The molecule has 2 rings (SSSR count). The van der Waals surface area contributed by atoms with E-state index in [2.05, 4.69) is 16.2 Å². The number of carbonyl (C=O) groups is 3. The van der Waals surface area contributed by atoms with Crippen molar-refractivity contribution in [1.82, 2.24) is 10.9 Å². The van der Waals surface area contributed by atoms with Crippen LogP contribution in [-0.2, 0) is 4.79 Å². The Hall–Kier alpha value is -2.57. The summed E-state index contributed by atoms with van der Waals surface area (Å²) in [5, 5.41) is 3.22. The van der Waals surface area contributed by atoms with Gasteiger partial charge >= 0.3 is 0 Å². The Bertz CT molecular complexity index is 809. The van der Waals surface area contributed by atoms with Crippen LogP contribution < -0.4 is 16.2 Å². The average Bonchev–Trinajstić information content (AvgIpc) is 2.53. The number of anilines is 1. The largest absolute Gasteiger partial charge is 0.321 e. The highest BCUT2D eigenvalue weighted by molar-refractivity contribution is 6.37. The minimum atomic E-state index is -0.566. The van der Waals surface area contributed by atoms with Crippen molar-refractivity contribution in [3.05, 3.63) is 63.6 Å². The van der Waals surface area contributed by atoms with Gasteiger partial charge in [0.1, 0.15) is 0 Å². The topological polar surface area (TPSA) is 87.3 Å². The van der Waals surface area contributed by atoms with Crippen molar-refractivity contribution in [2.75, 3.05) is 5.32 Å². The minimum Gasteiger partial charge on any atom is -0.321 e. The number of benzene rings is 2. The van der Waals surface area contributed by atoms with Crippen molar-refractivity contribution in [3.8, 4) is 0 Å². The highest BCUT2D eigenvalue weighted by atomic mass is 35.5. The van der Waals surface area contributed by atoms with Crippen LogP contribution in [0.25, 0.3) is 0 Å². The fourth-order valence-electron chi connectivity index (χ4n) is 1.87.